The molecule has 1 heterocycles. The van der Waals surface area contributed by atoms with Gasteiger partial charge in [-0.05, 0) is 18.6 Å². The molecule has 0 saturated carbocycles. The van der Waals surface area contributed by atoms with Crippen LogP contribution in [0.2, 0.25) is 0 Å². The van der Waals surface area contributed by atoms with Crippen LogP contribution in [0.4, 0.5) is 15.9 Å². The highest BCUT2D eigenvalue weighted by Gasteiger charge is 2.23. The lowest BCUT2D eigenvalue weighted by molar-refractivity contribution is -0.384. The number of hydrogen-bond donors (Lipinski definition) is 1. The number of nitrogen functional groups attached to an aromatic ring is 1. The number of nitro groups is 1. The number of nitrogens with zero attached hydrogens (tertiary/aromatic N) is 2. The number of halogens is 1. The third-order valence-electron chi connectivity index (χ3n) is 2.57. The van der Waals surface area contributed by atoms with Gasteiger partial charge in [0.05, 0.1) is 16.6 Å². The van der Waals surface area contributed by atoms with Gasteiger partial charge < -0.3 is 10.3 Å². The summed E-state index contributed by atoms with van der Waals surface area (Å²) in [7, 11) is 0. The van der Waals surface area contributed by atoms with Gasteiger partial charge in [-0.3, -0.25) is 10.1 Å². The summed E-state index contributed by atoms with van der Waals surface area (Å²) in [6.07, 6.45) is 0.513. The molecule has 0 aliphatic rings. The van der Waals surface area contributed by atoms with Gasteiger partial charge in [-0.2, -0.15) is 0 Å². The molecule has 0 saturated heterocycles. The fourth-order valence-corrected chi connectivity index (χ4v) is 1.72. The second-order valence-corrected chi connectivity index (χ2v) is 3.65. The van der Waals surface area contributed by atoms with E-state index in [4.69, 9.17) is 10.3 Å². The molecule has 2 rings (SSSR count). The molecule has 2 N–H and O–H groups in total. The Morgan fingerprint density at radius 2 is 2.28 bits per heavy atom. The van der Waals surface area contributed by atoms with Crippen molar-refractivity contribution >= 4 is 11.5 Å². The number of nitro benzene ring substituents is 1. The van der Waals surface area contributed by atoms with Crippen LogP contribution in [-0.4, -0.2) is 10.1 Å². The van der Waals surface area contributed by atoms with Crippen molar-refractivity contribution in [2.24, 2.45) is 0 Å². The maximum absolute atomic E-state index is 13.0. The van der Waals surface area contributed by atoms with Crippen LogP contribution in [0.25, 0.3) is 11.3 Å². The van der Waals surface area contributed by atoms with E-state index in [0.717, 1.165) is 12.1 Å². The highest BCUT2D eigenvalue weighted by Crippen LogP contribution is 2.35. The average molecular weight is 251 g/mol. The van der Waals surface area contributed by atoms with Gasteiger partial charge in [-0.1, -0.05) is 12.1 Å². The van der Waals surface area contributed by atoms with Gasteiger partial charge in [-0.15, -0.1) is 0 Å². The molecule has 0 radical (unpaired) electrons. The van der Waals surface area contributed by atoms with Crippen LogP contribution >= 0.6 is 0 Å². The predicted molar refractivity (Wildman–Crippen MR) is 62.3 cm³/mol. The van der Waals surface area contributed by atoms with E-state index in [1.165, 1.54) is 6.07 Å². The topological polar surface area (TPSA) is 95.2 Å². The Hall–Kier alpha value is -2.44. The molecule has 0 atom stereocenters. The molecule has 1 aromatic heterocycles. The Morgan fingerprint density at radius 3 is 2.89 bits per heavy atom. The summed E-state index contributed by atoms with van der Waals surface area (Å²) in [5.41, 5.74) is 5.97. The third-order valence-corrected chi connectivity index (χ3v) is 2.57. The van der Waals surface area contributed by atoms with Gasteiger partial charge in [0.15, 0.2) is 11.6 Å². The van der Waals surface area contributed by atoms with E-state index in [-0.39, 0.29) is 22.8 Å². The largest absolute Gasteiger partial charge is 0.381 e. The smallest absolute Gasteiger partial charge is 0.283 e. The molecule has 18 heavy (non-hydrogen) atoms. The van der Waals surface area contributed by atoms with E-state index in [0.29, 0.717) is 12.0 Å². The van der Waals surface area contributed by atoms with Crippen molar-refractivity contribution in [1.82, 2.24) is 5.16 Å². The Kier molecular flexibility index (Phi) is 2.97. The molecule has 0 aliphatic heterocycles. The van der Waals surface area contributed by atoms with E-state index in [1.807, 2.05) is 6.92 Å². The minimum absolute atomic E-state index is 0.169. The van der Waals surface area contributed by atoms with Gasteiger partial charge in [0.2, 0.25) is 0 Å². The summed E-state index contributed by atoms with van der Waals surface area (Å²) in [4.78, 5) is 10.2. The van der Waals surface area contributed by atoms with Crippen molar-refractivity contribution in [3.05, 3.63) is 39.7 Å². The van der Waals surface area contributed by atoms with Crippen LogP contribution in [0.3, 0.4) is 0 Å². The first kappa shape index (κ1) is 12.0. The van der Waals surface area contributed by atoms with E-state index < -0.39 is 10.7 Å². The summed E-state index contributed by atoms with van der Waals surface area (Å²) in [5.74, 6) is -0.288. The summed E-state index contributed by atoms with van der Waals surface area (Å²) in [6, 6.07) is 3.25. The van der Waals surface area contributed by atoms with Gasteiger partial charge in [0.1, 0.15) is 5.82 Å². The number of aromatic nitrogens is 1. The summed E-state index contributed by atoms with van der Waals surface area (Å²) in [5, 5.41) is 14.5. The second-order valence-electron chi connectivity index (χ2n) is 3.65. The maximum Gasteiger partial charge on any atom is 0.283 e. The summed E-state index contributed by atoms with van der Waals surface area (Å²) < 4.78 is 18.0. The van der Waals surface area contributed by atoms with Gasteiger partial charge in [0, 0.05) is 5.56 Å². The van der Waals surface area contributed by atoms with Crippen molar-refractivity contribution in [3.8, 4) is 11.3 Å². The van der Waals surface area contributed by atoms with E-state index >= 15 is 0 Å². The van der Waals surface area contributed by atoms with Crippen LogP contribution in [0.5, 0.6) is 0 Å². The first-order valence-corrected chi connectivity index (χ1v) is 5.23. The zero-order chi connectivity index (χ0) is 13.3. The van der Waals surface area contributed by atoms with E-state index in [9.17, 15) is 14.5 Å². The van der Waals surface area contributed by atoms with Crippen molar-refractivity contribution in [3.63, 3.8) is 0 Å². The average Bonchev–Trinajstić information content (AvgIpc) is 2.70. The summed E-state index contributed by atoms with van der Waals surface area (Å²) >= 11 is 0. The number of hydrogen-bond acceptors (Lipinski definition) is 5. The normalized spacial score (nSPS) is 10.6. The monoisotopic (exact) mass is 251 g/mol. The highest BCUT2D eigenvalue weighted by molar-refractivity contribution is 5.74. The molecular formula is C11H10FN3O3. The van der Waals surface area contributed by atoms with Crippen molar-refractivity contribution in [1.29, 1.82) is 0 Å². The van der Waals surface area contributed by atoms with Crippen LogP contribution in [0.15, 0.2) is 22.7 Å². The maximum atomic E-state index is 13.0. The van der Waals surface area contributed by atoms with Crippen LogP contribution < -0.4 is 5.73 Å². The van der Waals surface area contributed by atoms with Crippen LogP contribution in [0, 0.1) is 15.9 Å². The van der Waals surface area contributed by atoms with E-state index in [2.05, 4.69) is 5.16 Å². The fraction of sp³-hybridized carbons (Fsp3) is 0.182. The number of anilines is 1. The minimum atomic E-state index is -0.684. The molecule has 0 bridgehead atoms. The molecule has 0 amide bonds. The zero-order valence-corrected chi connectivity index (χ0v) is 9.51. The van der Waals surface area contributed by atoms with Crippen molar-refractivity contribution in [2.45, 2.75) is 13.3 Å². The first-order chi connectivity index (χ1) is 8.54. The fourth-order valence-electron chi connectivity index (χ4n) is 1.72. The molecular weight excluding hydrogens is 241 g/mol. The Bertz CT molecular complexity index is 610. The molecule has 6 nitrogen and oxygen atoms in total. The lowest BCUT2D eigenvalue weighted by Crippen LogP contribution is -1.95. The number of nitrogens with two attached hydrogens (primary N) is 1. The van der Waals surface area contributed by atoms with Crippen LogP contribution in [0.1, 0.15) is 12.5 Å². The summed E-state index contributed by atoms with van der Waals surface area (Å²) in [6.45, 7) is 1.82. The van der Waals surface area contributed by atoms with Crippen LogP contribution in [-0.2, 0) is 6.42 Å². The third kappa shape index (κ3) is 1.90. The van der Waals surface area contributed by atoms with E-state index in [1.54, 1.807) is 0 Å². The quantitative estimate of drug-likeness (QED) is 0.668. The molecule has 7 heteroatoms. The molecule has 2 aromatic rings. The van der Waals surface area contributed by atoms with Gasteiger partial charge >= 0.3 is 0 Å². The molecule has 0 fully saturated rings. The lowest BCUT2D eigenvalue weighted by Gasteiger charge is -2.01. The number of benzene rings is 1. The molecule has 0 unspecified atom stereocenters. The standard InChI is InChI=1S/C11H10FN3O3/c1-2-7-10(18-14-11(7)13)8-4-3-6(12)5-9(8)15(16)17/h3-5H,2H2,1H3,(H2,13,14). The molecule has 0 aliphatic carbocycles. The molecule has 1 aromatic carbocycles. The predicted octanol–water partition coefficient (Wildman–Crippen LogP) is 2.53. The number of rotatable bonds is 3. The van der Waals surface area contributed by atoms with Gasteiger partial charge in [-0.25, -0.2) is 4.39 Å². The van der Waals surface area contributed by atoms with Crippen molar-refractivity contribution in [2.75, 3.05) is 5.73 Å². The second kappa shape index (κ2) is 4.44. The van der Waals surface area contributed by atoms with Gasteiger partial charge in [0.25, 0.3) is 5.69 Å². The zero-order valence-electron chi connectivity index (χ0n) is 9.51. The Labute approximate surface area is 101 Å². The Morgan fingerprint density at radius 1 is 1.56 bits per heavy atom. The Balaban J connectivity index is 2.67. The molecule has 0 spiro atoms. The van der Waals surface area contributed by atoms with Crippen molar-refractivity contribution < 1.29 is 13.8 Å². The highest BCUT2D eigenvalue weighted by atomic mass is 19.1. The lowest BCUT2D eigenvalue weighted by atomic mass is 10.0. The minimum Gasteiger partial charge on any atom is -0.381 e. The SMILES string of the molecule is CCc1c(N)noc1-c1ccc(F)cc1[N+](=O)[O-]. The first-order valence-electron chi connectivity index (χ1n) is 5.23. The molecule has 94 valence electrons.